The monoisotopic (exact) mass is 241 g/mol. The predicted molar refractivity (Wildman–Crippen MR) is 63.0 cm³/mol. The smallest absolute Gasteiger partial charge is 0.272 e. The first kappa shape index (κ1) is 10.4. The number of hydrogen-bond acceptors (Lipinski definition) is 3. The second-order valence-corrected chi connectivity index (χ2v) is 4.58. The summed E-state index contributed by atoms with van der Waals surface area (Å²) in [5.41, 5.74) is 1.05. The molecule has 2 rings (SSSR count). The van der Waals surface area contributed by atoms with Crippen LogP contribution in [0.2, 0.25) is 0 Å². The lowest BCUT2D eigenvalue weighted by atomic mass is 10.1. The molecule has 2 N–H and O–H groups in total. The van der Waals surface area contributed by atoms with Crippen LogP contribution >= 0.6 is 23.6 Å². The summed E-state index contributed by atoms with van der Waals surface area (Å²) in [4.78, 5) is 11.4. The molecule has 80 valence electrons. The molecule has 0 saturated heterocycles. The molecule has 0 fully saturated rings. The third-order valence-corrected chi connectivity index (χ3v) is 3.30. The number of nitrogens with one attached hydrogen (secondary N) is 2. The van der Waals surface area contributed by atoms with E-state index in [1.165, 1.54) is 5.56 Å². The molecule has 4 nitrogen and oxygen atoms in total. The number of nitrogens with zero attached hydrogens (tertiary/aromatic N) is 1. The van der Waals surface area contributed by atoms with Crippen LogP contribution in [0.4, 0.5) is 0 Å². The van der Waals surface area contributed by atoms with Crippen molar-refractivity contribution in [3.8, 4) is 0 Å². The van der Waals surface area contributed by atoms with Gasteiger partial charge in [0.15, 0.2) is 4.77 Å². The van der Waals surface area contributed by atoms with Crippen molar-refractivity contribution in [1.29, 1.82) is 0 Å². The van der Waals surface area contributed by atoms with E-state index in [9.17, 15) is 4.79 Å². The quantitative estimate of drug-likeness (QED) is 0.809. The highest BCUT2D eigenvalue weighted by atomic mass is 32.1. The molecule has 0 saturated carbocycles. The van der Waals surface area contributed by atoms with E-state index < -0.39 is 0 Å². The van der Waals surface area contributed by atoms with E-state index in [1.807, 2.05) is 12.3 Å². The first-order valence-corrected chi connectivity index (χ1v) is 5.94. The van der Waals surface area contributed by atoms with E-state index >= 15 is 0 Å². The van der Waals surface area contributed by atoms with Crippen molar-refractivity contribution in [2.24, 2.45) is 0 Å². The van der Waals surface area contributed by atoms with Crippen molar-refractivity contribution in [3.05, 3.63) is 37.6 Å². The van der Waals surface area contributed by atoms with Gasteiger partial charge in [0.05, 0.1) is 0 Å². The Morgan fingerprint density at radius 2 is 2.40 bits per heavy atom. The molecule has 1 atom stereocenters. The summed E-state index contributed by atoms with van der Waals surface area (Å²) < 4.78 is 2.01. The Morgan fingerprint density at radius 1 is 1.60 bits per heavy atom. The molecule has 0 aliphatic heterocycles. The SMILES string of the molecule is CC(Cc1ccsc1)n1c(=O)[nH][nH]c1=S. The van der Waals surface area contributed by atoms with Gasteiger partial charge in [-0.15, -0.1) is 0 Å². The Bertz CT molecular complexity index is 507. The maximum atomic E-state index is 11.4. The first-order chi connectivity index (χ1) is 7.18. The highest BCUT2D eigenvalue weighted by molar-refractivity contribution is 7.71. The molecule has 0 aliphatic carbocycles. The largest absolute Gasteiger partial charge is 0.342 e. The Hall–Kier alpha value is -1.14. The second-order valence-electron chi connectivity index (χ2n) is 3.42. The molecule has 15 heavy (non-hydrogen) atoms. The van der Waals surface area contributed by atoms with E-state index in [4.69, 9.17) is 12.2 Å². The van der Waals surface area contributed by atoms with Gasteiger partial charge in [-0.3, -0.25) is 9.67 Å². The predicted octanol–water partition coefficient (Wildman–Crippen LogP) is 2.10. The molecule has 0 aromatic carbocycles. The standard InChI is InChI=1S/C9H11N3OS2/c1-6(4-7-2-3-15-5-7)12-8(13)10-11-9(12)14/h2-3,5-6H,4H2,1H3,(H,10,13)(H,11,14). The topological polar surface area (TPSA) is 53.6 Å². The Morgan fingerprint density at radius 3 is 2.93 bits per heavy atom. The van der Waals surface area contributed by atoms with Crippen molar-refractivity contribution in [2.45, 2.75) is 19.4 Å². The van der Waals surface area contributed by atoms with Gasteiger partial charge in [-0.05, 0) is 48.0 Å². The summed E-state index contributed by atoms with van der Waals surface area (Å²) in [5, 5.41) is 9.23. The van der Waals surface area contributed by atoms with Gasteiger partial charge in [-0.1, -0.05) is 0 Å². The number of rotatable bonds is 3. The molecule has 6 heteroatoms. The van der Waals surface area contributed by atoms with Crippen LogP contribution in [0.15, 0.2) is 21.6 Å². The summed E-state index contributed by atoms with van der Waals surface area (Å²) in [6.45, 7) is 1.98. The van der Waals surface area contributed by atoms with Crippen molar-refractivity contribution >= 4 is 23.6 Å². The fraction of sp³-hybridized carbons (Fsp3) is 0.333. The van der Waals surface area contributed by atoms with E-state index in [-0.39, 0.29) is 11.7 Å². The van der Waals surface area contributed by atoms with Crippen LogP contribution in [0.25, 0.3) is 0 Å². The fourth-order valence-corrected chi connectivity index (χ4v) is 2.56. The Kier molecular flexibility index (Phi) is 2.88. The van der Waals surface area contributed by atoms with E-state index in [1.54, 1.807) is 15.9 Å². The van der Waals surface area contributed by atoms with Crippen molar-refractivity contribution in [3.63, 3.8) is 0 Å². The van der Waals surface area contributed by atoms with Gasteiger partial charge < -0.3 is 0 Å². The lowest BCUT2D eigenvalue weighted by molar-refractivity contribution is 0.523. The minimum Gasteiger partial charge on any atom is -0.272 e. The van der Waals surface area contributed by atoms with Gasteiger partial charge in [0.2, 0.25) is 0 Å². The molecule has 0 amide bonds. The van der Waals surface area contributed by atoms with Crippen LogP contribution in [-0.2, 0) is 6.42 Å². The van der Waals surface area contributed by atoms with Crippen molar-refractivity contribution in [2.75, 3.05) is 0 Å². The maximum absolute atomic E-state index is 11.4. The summed E-state index contributed by atoms with van der Waals surface area (Å²) in [5.74, 6) is 0. The van der Waals surface area contributed by atoms with E-state index in [0.29, 0.717) is 4.77 Å². The van der Waals surface area contributed by atoms with Crippen LogP contribution in [-0.4, -0.2) is 14.8 Å². The third-order valence-electron chi connectivity index (χ3n) is 2.27. The average molecular weight is 241 g/mol. The van der Waals surface area contributed by atoms with Gasteiger partial charge >= 0.3 is 5.69 Å². The van der Waals surface area contributed by atoms with Crippen LogP contribution in [0.5, 0.6) is 0 Å². The Labute approximate surface area is 95.6 Å². The number of aromatic nitrogens is 3. The minimum atomic E-state index is -0.178. The second kappa shape index (κ2) is 4.16. The third kappa shape index (κ3) is 2.10. The van der Waals surface area contributed by atoms with Crippen LogP contribution < -0.4 is 5.69 Å². The van der Waals surface area contributed by atoms with Crippen molar-refractivity contribution < 1.29 is 0 Å². The molecular formula is C9H11N3OS2. The lowest BCUT2D eigenvalue weighted by Crippen LogP contribution is -2.21. The summed E-state index contributed by atoms with van der Waals surface area (Å²) in [6.07, 6.45) is 0.818. The number of aromatic amines is 2. The molecule has 0 bridgehead atoms. The zero-order valence-electron chi connectivity index (χ0n) is 8.19. The molecule has 2 heterocycles. The highest BCUT2D eigenvalue weighted by Crippen LogP contribution is 2.14. The summed E-state index contributed by atoms with van der Waals surface area (Å²) in [6, 6.07) is 2.13. The van der Waals surface area contributed by atoms with Crippen LogP contribution in [0.1, 0.15) is 18.5 Å². The Balaban J connectivity index is 2.26. The van der Waals surface area contributed by atoms with Crippen molar-refractivity contribution in [1.82, 2.24) is 14.8 Å². The summed E-state index contributed by atoms with van der Waals surface area (Å²) in [7, 11) is 0. The lowest BCUT2D eigenvalue weighted by Gasteiger charge is -2.09. The van der Waals surface area contributed by atoms with Gasteiger partial charge in [-0.25, -0.2) is 9.89 Å². The number of hydrogen-bond donors (Lipinski definition) is 2. The van der Waals surface area contributed by atoms with E-state index in [2.05, 4.69) is 21.6 Å². The molecule has 0 spiro atoms. The number of H-pyrrole nitrogens is 2. The minimum absolute atomic E-state index is 0.0714. The molecule has 0 aliphatic rings. The molecular weight excluding hydrogens is 230 g/mol. The molecule has 1 unspecified atom stereocenters. The van der Waals surface area contributed by atoms with Crippen LogP contribution in [0.3, 0.4) is 0 Å². The van der Waals surface area contributed by atoms with Crippen LogP contribution in [0, 0.1) is 4.77 Å². The van der Waals surface area contributed by atoms with Gasteiger partial charge in [0.1, 0.15) is 0 Å². The van der Waals surface area contributed by atoms with Gasteiger partial charge in [0, 0.05) is 6.04 Å². The zero-order chi connectivity index (χ0) is 10.8. The summed E-state index contributed by atoms with van der Waals surface area (Å²) >= 11 is 6.68. The average Bonchev–Trinajstić information content (AvgIpc) is 2.77. The number of thiophene rings is 1. The molecule has 0 radical (unpaired) electrons. The first-order valence-electron chi connectivity index (χ1n) is 4.58. The maximum Gasteiger partial charge on any atom is 0.342 e. The van der Waals surface area contributed by atoms with E-state index in [0.717, 1.165) is 6.42 Å². The zero-order valence-corrected chi connectivity index (χ0v) is 9.82. The van der Waals surface area contributed by atoms with Gasteiger partial charge in [0.25, 0.3) is 0 Å². The molecule has 2 aromatic heterocycles. The molecule has 2 aromatic rings. The fourth-order valence-electron chi connectivity index (χ4n) is 1.56. The normalized spacial score (nSPS) is 12.9. The highest BCUT2D eigenvalue weighted by Gasteiger charge is 2.10. The van der Waals surface area contributed by atoms with Gasteiger partial charge in [-0.2, -0.15) is 11.3 Å².